The maximum absolute atomic E-state index is 12.6. The van der Waals surface area contributed by atoms with E-state index in [0.29, 0.717) is 18.7 Å². The van der Waals surface area contributed by atoms with Crippen LogP contribution in [0.5, 0.6) is 5.75 Å². The first-order chi connectivity index (χ1) is 10.5. The molecule has 22 heavy (non-hydrogen) atoms. The van der Waals surface area contributed by atoms with Gasteiger partial charge in [-0.1, -0.05) is 18.2 Å². The van der Waals surface area contributed by atoms with E-state index in [4.69, 9.17) is 14.6 Å². The third-order valence-corrected chi connectivity index (χ3v) is 3.81. The molecule has 3 unspecified atom stereocenters. The van der Waals surface area contributed by atoms with Gasteiger partial charge >= 0.3 is 5.97 Å². The summed E-state index contributed by atoms with van der Waals surface area (Å²) in [5, 5.41) is 9.00. The number of methoxy groups -OCH3 is 1. The lowest BCUT2D eigenvalue weighted by Gasteiger charge is -2.26. The highest BCUT2D eigenvalue weighted by atomic mass is 16.5. The quantitative estimate of drug-likeness (QED) is 0.863. The average molecular weight is 307 g/mol. The smallest absolute Gasteiger partial charge is 0.305 e. The molecule has 0 bridgehead atoms. The Morgan fingerprint density at radius 3 is 2.64 bits per heavy atom. The molecule has 1 amide bonds. The summed E-state index contributed by atoms with van der Waals surface area (Å²) in [6.45, 7) is 2.07. The highest BCUT2D eigenvalue weighted by Crippen LogP contribution is 2.24. The molecule has 6 heteroatoms. The number of likely N-dealkylation sites (tertiary alicyclic amines) is 1. The minimum Gasteiger partial charge on any atom is -0.481 e. The van der Waals surface area contributed by atoms with Crippen LogP contribution in [-0.2, 0) is 14.3 Å². The first kappa shape index (κ1) is 16.3. The number of benzene rings is 1. The summed E-state index contributed by atoms with van der Waals surface area (Å²) in [6.07, 6.45) is -0.345. The molecule has 0 aromatic heterocycles. The van der Waals surface area contributed by atoms with Gasteiger partial charge in [-0.05, 0) is 25.5 Å². The first-order valence-electron chi connectivity index (χ1n) is 7.28. The number of carbonyl (C=O) groups excluding carboxylic acids is 1. The number of nitrogens with zero attached hydrogens (tertiary/aromatic N) is 1. The molecule has 1 N–H and O–H groups in total. The highest BCUT2D eigenvalue weighted by Gasteiger charge is 2.38. The van der Waals surface area contributed by atoms with Crippen LogP contribution in [0.15, 0.2) is 30.3 Å². The highest BCUT2D eigenvalue weighted by molar-refractivity contribution is 5.82. The lowest BCUT2D eigenvalue weighted by Crippen LogP contribution is -2.44. The molecule has 1 aliphatic heterocycles. The lowest BCUT2D eigenvalue weighted by atomic mass is 10.1. The molecule has 1 aromatic carbocycles. The Morgan fingerprint density at radius 1 is 1.36 bits per heavy atom. The Kier molecular flexibility index (Phi) is 5.38. The van der Waals surface area contributed by atoms with Crippen molar-refractivity contribution in [3.8, 4) is 5.75 Å². The average Bonchev–Trinajstić information content (AvgIpc) is 2.89. The fourth-order valence-electron chi connectivity index (χ4n) is 2.70. The van der Waals surface area contributed by atoms with Crippen molar-refractivity contribution in [2.45, 2.75) is 38.0 Å². The number of carbonyl (C=O) groups is 2. The SMILES string of the molecule is COC1CC(CC(=O)O)N(C(=O)C(C)Oc2ccccc2)C1. The minimum atomic E-state index is -0.920. The monoisotopic (exact) mass is 307 g/mol. The summed E-state index contributed by atoms with van der Waals surface area (Å²) >= 11 is 0. The maximum atomic E-state index is 12.6. The third-order valence-electron chi connectivity index (χ3n) is 3.81. The van der Waals surface area contributed by atoms with Crippen LogP contribution in [0.4, 0.5) is 0 Å². The number of aliphatic carboxylic acids is 1. The van der Waals surface area contributed by atoms with Gasteiger partial charge < -0.3 is 19.5 Å². The normalized spacial score (nSPS) is 22.4. The fourth-order valence-corrected chi connectivity index (χ4v) is 2.70. The van der Waals surface area contributed by atoms with Crippen LogP contribution in [0.25, 0.3) is 0 Å². The second kappa shape index (κ2) is 7.26. The third kappa shape index (κ3) is 3.98. The van der Waals surface area contributed by atoms with E-state index in [1.54, 1.807) is 31.1 Å². The Labute approximate surface area is 129 Å². The van der Waals surface area contributed by atoms with Gasteiger partial charge in [-0.2, -0.15) is 0 Å². The molecule has 1 saturated heterocycles. The number of ether oxygens (including phenoxy) is 2. The molecule has 0 saturated carbocycles. The van der Waals surface area contributed by atoms with Crippen LogP contribution in [0.3, 0.4) is 0 Å². The zero-order chi connectivity index (χ0) is 16.1. The van der Waals surface area contributed by atoms with E-state index < -0.39 is 12.1 Å². The summed E-state index contributed by atoms with van der Waals surface area (Å²) in [6, 6.07) is 8.73. The van der Waals surface area contributed by atoms with E-state index in [9.17, 15) is 9.59 Å². The van der Waals surface area contributed by atoms with Crippen molar-refractivity contribution in [3.63, 3.8) is 0 Å². The molecule has 1 fully saturated rings. The summed E-state index contributed by atoms with van der Waals surface area (Å²) < 4.78 is 10.9. The topological polar surface area (TPSA) is 76.1 Å². The minimum absolute atomic E-state index is 0.0797. The summed E-state index contributed by atoms with van der Waals surface area (Å²) in [7, 11) is 1.57. The van der Waals surface area contributed by atoms with E-state index in [1.807, 2.05) is 18.2 Å². The van der Waals surface area contributed by atoms with Crippen molar-refractivity contribution in [2.24, 2.45) is 0 Å². The van der Waals surface area contributed by atoms with Gasteiger partial charge in [0.1, 0.15) is 5.75 Å². The largest absolute Gasteiger partial charge is 0.481 e. The number of para-hydroxylation sites is 1. The zero-order valence-corrected chi connectivity index (χ0v) is 12.8. The number of rotatable bonds is 6. The van der Waals surface area contributed by atoms with E-state index >= 15 is 0 Å². The molecule has 3 atom stereocenters. The molecule has 0 radical (unpaired) electrons. The molecule has 0 aliphatic carbocycles. The van der Waals surface area contributed by atoms with Crippen LogP contribution < -0.4 is 4.74 Å². The van der Waals surface area contributed by atoms with Gasteiger partial charge in [0, 0.05) is 19.7 Å². The summed E-state index contributed by atoms with van der Waals surface area (Å²) in [5.41, 5.74) is 0. The predicted octanol–water partition coefficient (Wildman–Crippen LogP) is 1.54. The maximum Gasteiger partial charge on any atom is 0.305 e. The predicted molar refractivity (Wildman–Crippen MR) is 79.7 cm³/mol. The standard InChI is InChI=1S/C16H21NO5/c1-11(22-13-6-4-3-5-7-13)16(20)17-10-14(21-2)8-12(17)9-15(18)19/h3-7,11-12,14H,8-10H2,1-2H3,(H,18,19). The van der Waals surface area contributed by atoms with Crippen molar-refractivity contribution < 1.29 is 24.2 Å². The summed E-state index contributed by atoms with van der Waals surface area (Å²) in [4.78, 5) is 25.1. The molecular formula is C16H21NO5. The molecule has 0 spiro atoms. The van der Waals surface area contributed by atoms with Crippen molar-refractivity contribution in [1.29, 1.82) is 0 Å². The van der Waals surface area contributed by atoms with Gasteiger partial charge in [0.25, 0.3) is 5.91 Å². The number of hydrogen-bond acceptors (Lipinski definition) is 4. The molecule has 1 heterocycles. The lowest BCUT2D eigenvalue weighted by molar-refractivity contribution is -0.142. The van der Waals surface area contributed by atoms with Crippen molar-refractivity contribution in [1.82, 2.24) is 4.90 Å². The molecular weight excluding hydrogens is 286 g/mol. The van der Waals surface area contributed by atoms with E-state index in [-0.39, 0.29) is 24.5 Å². The van der Waals surface area contributed by atoms with Crippen LogP contribution >= 0.6 is 0 Å². The molecule has 120 valence electrons. The molecule has 2 rings (SSSR count). The zero-order valence-electron chi connectivity index (χ0n) is 12.8. The van der Waals surface area contributed by atoms with E-state index in [0.717, 1.165) is 0 Å². The second-order valence-corrected chi connectivity index (χ2v) is 5.41. The Bertz CT molecular complexity index is 519. The number of carboxylic acid groups (broad SMARTS) is 1. The summed E-state index contributed by atoms with van der Waals surface area (Å²) in [5.74, 6) is -0.522. The van der Waals surface area contributed by atoms with Crippen LogP contribution in [0, 0.1) is 0 Å². The van der Waals surface area contributed by atoms with Crippen molar-refractivity contribution in [2.75, 3.05) is 13.7 Å². The number of carboxylic acids is 1. The van der Waals surface area contributed by atoms with Gasteiger partial charge in [0.05, 0.1) is 12.5 Å². The van der Waals surface area contributed by atoms with Crippen LogP contribution in [0.2, 0.25) is 0 Å². The van der Waals surface area contributed by atoms with Crippen molar-refractivity contribution >= 4 is 11.9 Å². The number of amides is 1. The second-order valence-electron chi connectivity index (χ2n) is 5.41. The Balaban J connectivity index is 2.03. The first-order valence-corrected chi connectivity index (χ1v) is 7.28. The van der Waals surface area contributed by atoms with Crippen LogP contribution in [-0.4, -0.2) is 53.8 Å². The van der Waals surface area contributed by atoms with Gasteiger partial charge in [-0.3, -0.25) is 9.59 Å². The number of hydrogen-bond donors (Lipinski definition) is 1. The Hall–Kier alpha value is -2.08. The Morgan fingerprint density at radius 2 is 2.05 bits per heavy atom. The van der Waals surface area contributed by atoms with E-state index in [2.05, 4.69) is 0 Å². The molecule has 1 aliphatic rings. The van der Waals surface area contributed by atoms with Gasteiger partial charge in [0.2, 0.25) is 0 Å². The van der Waals surface area contributed by atoms with E-state index in [1.165, 1.54) is 0 Å². The molecule has 1 aromatic rings. The van der Waals surface area contributed by atoms with Crippen LogP contribution in [0.1, 0.15) is 19.8 Å². The van der Waals surface area contributed by atoms with Gasteiger partial charge in [0.15, 0.2) is 6.10 Å². The molecule has 6 nitrogen and oxygen atoms in total. The van der Waals surface area contributed by atoms with Gasteiger partial charge in [-0.25, -0.2) is 0 Å². The van der Waals surface area contributed by atoms with Gasteiger partial charge in [-0.15, -0.1) is 0 Å². The van der Waals surface area contributed by atoms with Crippen molar-refractivity contribution in [3.05, 3.63) is 30.3 Å². The fraction of sp³-hybridized carbons (Fsp3) is 0.500.